The molecule has 1 aliphatic carbocycles. The number of rotatable bonds is 3. The van der Waals surface area contributed by atoms with E-state index in [9.17, 15) is 14.4 Å². The van der Waals surface area contributed by atoms with Crippen LogP contribution in [0.1, 0.15) is 88.0 Å². The van der Waals surface area contributed by atoms with Crippen LogP contribution in [-0.2, 0) is 0 Å². The summed E-state index contributed by atoms with van der Waals surface area (Å²) < 4.78 is 11.4. The second-order valence-corrected chi connectivity index (χ2v) is 12.1. The third-order valence-electron chi connectivity index (χ3n) is 8.88. The summed E-state index contributed by atoms with van der Waals surface area (Å²) >= 11 is 0. The quantitative estimate of drug-likeness (QED) is 0.451. The van der Waals surface area contributed by atoms with Crippen LogP contribution in [0.5, 0.6) is 5.75 Å². The Hall–Kier alpha value is -4.28. The molecule has 11 heteroatoms. The molecule has 2 aliphatic heterocycles. The smallest absolute Gasteiger partial charge is 0.276 e. The minimum atomic E-state index is -0.209. The molecule has 1 aromatic carbocycles. The lowest BCUT2D eigenvalue weighted by atomic mass is 9.74. The number of aromatic nitrogens is 3. The Kier molecular flexibility index (Phi) is 8.40. The highest BCUT2D eigenvalue weighted by atomic mass is 16.5. The number of benzene rings is 1. The van der Waals surface area contributed by atoms with Crippen molar-refractivity contribution < 1.29 is 23.6 Å². The Labute approximate surface area is 251 Å². The van der Waals surface area contributed by atoms with Crippen LogP contribution >= 0.6 is 0 Å². The molecule has 43 heavy (non-hydrogen) atoms. The molecule has 2 aromatic heterocycles. The van der Waals surface area contributed by atoms with Crippen LogP contribution in [0.3, 0.4) is 0 Å². The van der Waals surface area contributed by atoms with Crippen LogP contribution in [-0.4, -0.2) is 93.9 Å². The van der Waals surface area contributed by atoms with Crippen molar-refractivity contribution in [2.24, 2.45) is 5.41 Å². The van der Waals surface area contributed by atoms with Crippen LogP contribution in [0.25, 0.3) is 0 Å². The number of fused-ring (bicyclic) bond motifs is 2. The van der Waals surface area contributed by atoms with Gasteiger partial charge in [0.2, 0.25) is 0 Å². The number of amides is 3. The molecule has 226 valence electrons. The molecule has 0 atom stereocenters. The maximum absolute atomic E-state index is 13.5. The molecule has 4 heterocycles. The molecule has 3 aromatic rings. The summed E-state index contributed by atoms with van der Waals surface area (Å²) in [5, 5.41) is 4.06. The first-order valence-electron chi connectivity index (χ1n) is 15.2. The standard InChI is InChI=1S/C32H38N6O5/c1-36-22-32(10-16-38(17-11-32)30(40)26-20-28(43-35-26)23-7-8-23)9-3-14-37(31(41)27-21-33-12-13-34-27)15-4-18-42-25-6-2-5-24(19-25)29(36)39/h2,5-6,12-13,19-21,23H,3-4,7-11,14-18,22H2,1H3. The van der Waals surface area contributed by atoms with E-state index in [0.29, 0.717) is 74.4 Å². The summed E-state index contributed by atoms with van der Waals surface area (Å²) in [6.07, 6.45) is 10.4. The molecule has 0 unspecified atom stereocenters. The molecule has 0 N–H and O–H groups in total. The van der Waals surface area contributed by atoms with E-state index in [1.807, 2.05) is 35.0 Å². The van der Waals surface area contributed by atoms with Crippen LogP contribution < -0.4 is 4.74 Å². The fourth-order valence-electron chi connectivity index (χ4n) is 6.27. The molecular weight excluding hydrogens is 548 g/mol. The van der Waals surface area contributed by atoms with Crippen LogP contribution in [0, 0.1) is 5.41 Å². The Bertz CT molecular complexity index is 1450. The van der Waals surface area contributed by atoms with Gasteiger partial charge in [-0.25, -0.2) is 4.98 Å². The normalized spacial score (nSPS) is 19.8. The molecule has 3 amide bonds. The Balaban J connectivity index is 1.20. The van der Waals surface area contributed by atoms with Gasteiger partial charge in [0, 0.05) is 69.7 Å². The molecule has 1 saturated carbocycles. The van der Waals surface area contributed by atoms with Crippen molar-refractivity contribution in [3.63, 3.8) is 0 Å². The van der Waals surface area contributed by atoms with Gasteiger partial charge in [0.25, 0.3) is 17.7 Å². The zero-order chi connectivity index (χ0) is 29.8. The van der Waals surface area contributed by atoms with Crippen molar-refractivity contribution in [1.82, 2.24) is 29.8 Å². The molecule has 1 saturated heterocycles. The highest BCUT2D eigenvalue weighted by Crippen LogP contribution is 2.41. The summed E-state index contributed by atoms with van der Waals surface area (Å²) in [7, 11) is 1.84. The molecule has 11 nitrogen and oxygen atoms in total. The van der Waals surface area contributed by atoms with E-state index in [0.717, 1.165) is 44.3 Å². The van der Waals surface area contributed by atoms with E-state index in [4.69, 9.17) is 9.26 Å². The lowest BCUT2D eigenvalue weighted by molar-refractivity contribution is 0.0379. The monoisotopic (exact) mass is 586 g/mol. The highest BCUT2D eigenvalue weighted by molar-refractivity contribution is 5.94. The van der Waals surface area contributed by atoms with Crippen LogP contribution in [0.4, 0.5) is 0 Å². The first-order valence-corrected chi connectivity index (χ1v) is 15.2. The van der Waals surface area contributed by atoms with Crippen LogP contribution in [0.2, 0.25) is 0 Å². The van der Waals surface area contributed by atoms with Gasteiger partial charge in [0.1, 0.15) is 17.2 Å². The van der Waals surface area contributed by atoms with Crippen molar-refractivity contribution in [3.05, 3.63) is 71.6 Å². The second kappa shape index (κ2) is 12.5. The van der Waals surface area contributed by atoms with E-state index in [1.165, 1.54) is 12.4 Å². The van der Waals surface area contributed by atoms with E-state index < -0.39 is 0 Å². The Morgan fingerprint density at radius 2 is 1.70 bits per heavy atom. The number of carbonyl (C=O) groups is 3. The molecule has 2 bridgehead atoms. The average Bonchev–Trinajstić information content (AvgIpc) is 3.77. The van der Waals surface area contributed by atoms with Gasteiger partial charge in [0.05, 0.1) is 12.8 Å². The maximum Gasteiger partial charge on any atom is 0.276 e. The number of ether oxygens (including phenoxy) is 1. The lowest BCUT2D eigenvalue weighted by Gasteiger charge is -2.44. The molecule has 3 aliphatic rings. The predicted molar refractivity (Wildman–Crippen MR) is 157 cm³/mol. The fraction of sp³-hybridized carbons (Fsp3) is 0.500. The summed E-state index contributed by atoms with van der Waals surface area (Å²) in [5.41, 5.74) is 1.06. The van der Waals surface area contributed by atoms with Gasteiger partial charge in [-0.05, 0) is 68.6 Å². The van der Waals surface area contributed by atoms with Crippen molar-refractivity contribution in [3.8, 4) is 5.75 Å². The number of carbonyl (C=O) groups excluding carboxylic acids is 3. The number of hydrogen-bond acceptors (Lipinski definition) is 8. The van der Waals surface area contributed by atoms with E-state index in [2.05, 4.69) is 15.1 Å². The molecular formula is C32H38N6O5. The minimum Gasteiger partial charge on any atom is -0.494 e. The number of piperidine rings is 1. The second-order valence-electron chi connectivity index (χ2n) is 12.1. The minimum absolute atomic E-state index is 0.0622. The maximum atomic E-state index is 13.5. The van der Waals surface area contributed by atoms with Gasteiger partial charge in [-0.1, -0.05) is 11.2 Å². The lowest BCUT2D eigenvalue weighted by Crippen LogP contribution is -2.48. The van der Waals surface area contributed by atoms with E-state index in [-0.39, 0.29) is 23.1 Å². The summed E-state index contributed by atoms with van der Waals surface area (Å²) in [6.45, 7) is 3.17. The van der Waals surface area contributed by atoms with Crippen LogP contribution in [0.15, 0.2) is 53.4 Å². The van der Waals surface area contributed by atoms with Crippen molar-refractivity contribution in [1.29, 1.82) is 0 Å². The number of likely N-dealkylation sites (tertiary alicyclic amines) is 1. The predicted octanol–water partition coefficient (Wildman–Crippen LogP) is 4.04. The SMILES string of the molecule is CN1CC2(CCCN(C(=O)c3cnccn3)CCCOc3cccc(c3)C1=O)CCN(C(=O)c1cc(C3CC3)on1)CC2. The molecule has 2 fully saturated rings. The van der Waals surface area contributed by atoms with E-state index in [1.54, 1.807) is 23.2 Å². The van der Waals surface area contributed by atoms with Gasteiger partial charge in [0.15, 0.2) is 5.69 Å². The zero-order valence-corrected chi connectivity index (χ0v) is 24.6. The Morgan fingerprint density at radius 1 is 0.930 bits per heavy atom. The third kappa shape index (κ3) is 6.71. The summed E-state index contributed by atoms with van der Waals surface area (Å²) in [4.78, 5) is 53.9. The van der Waals surface area contributed by atoms with Crippen molar-refractivity contribution in [2.45, 2.75) is 50.9 Å². The zero-order valence-electron chi connectivity index (χ0n) is 24.6. The fourth-order valence-corrected chi connectivity index (χ4v) is 6.27. The van der Waals surface area contributed by atoms with Crippen molar-refractivity contribution in [2.75, 3.05) is 46.4 Å². The molecule has 6 rings (SSSR count). The highest BCUT2D eigenvalue weighted by Gasteiger charge is 2.39. The number of hydrogen-bond donors (Lipinski definition) is 0. The third-order valence-corrected chi connectivity index (χ3v) is 8.88. The van der Waals surface area contributed by atoms with E-state index >= 15 is 0 Å². The summed E-state index contributed by atoms with van der Waals surface area (Å²) in [6, 6.07) is 9.06. The van der Waals surface area contributed by atoms with Gasteiger partial charge in [-0.2, -0.15) is 0 Å². The average molecular weight is 587 g/mol. The molecule has 1 spiro atoms. The first-order chi connectivity index (χ1) is 20.9. The largest absolute Gasteiger partial charge is 0.494 e. The van der Waals surface area contributed by atoms with Gasteiger partial charge in [-0.3, -0.25) is 19.4 Å². The van der Waals surface area contributed by atoms with Gasteiger partial charge in [-0.15, -0.1) is 0 Å². The first kappa shape index (κ1) is 28.8. The van der Waals surface area contributed by atoms with Gasteiger partial charge < -0.3 is 24.0 Å². The van der Waals surface area contributed by atoms with Gasteiger partial charge >= 0.3 is 0 Å². The summed E-state index contributed by atoms with van der Waals surface area (Å²) in [5.74, 6) is 1.50. The topological polar surface area (TPSA) is 122 Å². The number of nitrogens with zero attached hydrogens (tertiary/aromatic N) is 6. The Morgan fingerprint density at radius 3 is 2.47 bits per heavy atom. The molecule has 0 radical (unpaired) electrons. The van der Waals surface area contributed by atoms with Crippen molar-refractivity contribution >= 4 is 17.7 Å².